The lowest BCUT2D eigenvalue weighted by atomic mass is 10.2. The number of hydrogen-bond donors (Lipinski definition) is 0. The van der Waals surface area contributed by atoms with Gasteiger partial charge in [0.05, 0.1) is 5.69 Å². The molecule has 0 saturated heterocycles. The maximum atomic E-state index is 10.7. The van der Waals surface area contributed by atoms with Crippen molar-refractivity contribution in [2.75, 3.05) is 0 Å². The van der Waals surface area contributed by atoms with Crippen LogP contribution in [0.1, 0.15) is 39.4 Å². The van der Waals surface area contributed by atoms with Gasteiger partial charge in [-0.1, -0.05) is 0 Å². The van der Waals surface area contributed by atoms with E-state index >= 15 is 0 Å². The fourth-order valence-electron chi connectivity index (χ4n) is 1.71. The summed E-state index contributed by atoms with van der Waals surface area (Å²) < 4.78 is 5.77. The van der Waals surface area contributed by atoms with Crippen molar-refractivity contribution in [3.05, 3.63) is 20.6 Å². The summed E-state index contributed by atoms with van der Waals surface area (Å²) in [5.41, 5.74) is 1.64. The van der Waals surface area contributed by atoms with Gasteiger partial charge < -0.3 is 9.13 Å². The minimum Gasteiger partial charge on any atom is -0.314 e. The summed E-state index contributed by atoms with van der Waals surface area (Å²) in [4.78, 5) is 10.7. The third kappa shape index (κ3) is 2.77. The maximum absolute atomic E-state index is 10.7. The highest BCUT2D eigenvalue weighted by Gasteiger charge is 2.15. The Morgan fingerprint density at radius 3 is 2.53 bits per heavy atom. The highest BCUT2D eigenvalue weighted by molar-refractivity contribution is 9.10. The van der Waals surface area contributed by atoms with Crippen LogP contribution in [0, 0.1) is 4.77 Å². The van der Waals surface area contributed by atoms with Crippen molar-refractivity contribution < 1.29 is 4.79 Å². The van der Waals surface area contributed by atoms with E-state index in [0.29, 0.717) is 5.57 Å². The maximum Gasteiger partial charge on any atom is 0.181 e. The van der Waals surface area contributed by atoms with E-state index in [1.165, 1.54) is 0 Å². The number of halogens is 1. The Hall–Kier alpha value is -0.680. The molecule has 0 N–H and O–H groups in total. The fourth-order valence-corrected chi connectivity index (χ4v) is 3.08. The molecule has 1 heterocycles. The van der Waals surface area contributed by atoms with Crippen molar-refractivity contribution in [2.45, 2.75) is 40.3 Å². The van der Waals surface area contributed by atoms with Gasteiger partial charge in [0.15, 0.2) is 4.77 Å². The first-order valence-corrected chi connectivity index (χ1v) is 6.78. The molecule has 0 aliphatic rings. The first-order valence-electron chi connectivity index (χ1n) is 5.58. The zero-order valence-corrected chi connectivity index (χ0v) is 12.9. The highest BCUT2D eigenvalue weighted by Crippen LogP contribution is 2.26. The molecule has 0 aliphatic carbocycles. The van der Waals surface area contributed by atoms with Crippen LogP contribution in [0.15, 0.2) is 10.2 Å². The lowest BCUT2D eigenvalue weighted by molar-refractivity contribution is -0.104. The molecule has 0 atom stereocenters. The molecular formula is C12H17BrN2OS. The lowest BCUT2D eigenvalue weighted by Gasteiger charge is -2.09. The molecule has 0 fully saturated rings. The Labute approximate surface area is 115 Å². The predicted octanol–water partition coefficient (Wildman–Crippen LogP) is 3.98. The van der Waals surface area contributed by atoms with Gasteiger partial charge in [-0.05, 0) is 67.5 Å². The summed E-state index contributed by atoms with van der Waals surface area (Å²) in [6.45, 7) is 8.80. The van der Waals surface area contributed by atoms with Gasteiger partial charge in [0.1, 0.15) is 10.9 Å². The van der Waals surface area contributed by atoms with Crippen LogP contribution in [0.2, 0.25) is 0 Å². The minimum absolute atomic E-state index is 0.261. The second-order valence-corrected chi connectivity index (χ2v) is 5.29. The van der Waals surface area contributed by atoms with Crippen LogP contribution in [-0.4, -0.2) is 15.4 Å². The third-order valence-electron chi connectivity index (χ3n) is 2.53. The van der Waals surface area contributed by atoms with E-state index in [0.717, 1.165) is 27.9 Å². The van der Waals surface area contributed by atoms with Crippen LogP contribution in [0.5, 0.6) is 0 Å². The van der Waals surface area contributed by atoms with E-state index in [4.69, 9.17) is 12.2 Å². The second kappa shape index (κ2) is 5.78. The van der Waals surface area contributed by atoms with E-state index in [1.807, 2.05) is 17.6 Å². The largest absolute Gasteiger partial charge is 0.314 e. The minimum atomic E-state index is 0.261. The molecule has 0 spiro atoms. The molecule has 94 valence electrons. The number of aromatic nitrogens is 2. The number of carbonyl (C=O) groups excluding carboxylic acids is 1. The Bertz CT molecular complexity index is 511. The van der Waals surface area contributed by atoms with E-state index in [9.17, 15) is 4.79 Å². The monoisotopic (exact) mass is 316 g/mol. The van der Waals surface area contributed by atoms with Crippen molar-refractivity contribution in [1.29, 1.82) is 0 Å². The number of aldehydes is 1. The first kappa shape index (κ1) is 14.4. The summed E-state index contributed by atoms with van der Waals surface area (Å²) >= 11 is 9.00. The van der Waals surface area contributed by atoms with Gasteiger partial charge in [-0.15, -0.1) is 0 Å². The lowest BCUT2D eigenvalue weighted by Crippen LogP contribution is -2.04. The van der Waals surface area contributed by atoms with E-state index in [1.54, 1.807) is 6.92 Å². The molecule has 1 aromatic rings. The van der Waals surface area contributed by atoms with Crippen molar-refractivity contribution in [3.63, 3.8) is 0 Å². The molecule has 5 heteroatoms. The smallest absolute Gasteiger partial charge is 0.181 e. The van der Waals surface area contributed by atoms with Crippen molar-refractivity contribution in [3.8, 4) is 0 Å². The number of allylic oxidation sites excluding steroid dienone is 1. The Morgan fingerprint density at radius 1 is 1.53 bits per heavy atom. The summed E-state index contributed by atoms with van der Waals surface area (Å²) in [6.07, 6.45) is 2.71. The quantitative estimate of drug-likeness (QED) is 0.477. The van der Waals surface area contributed by atoms with Crippen LogP contribution in [-0.2, 0) is 11.3 Å². The van der Waals surface area contributed by atoms with Gasteiger partial charge in [0, 0.05) is 12.6 Å². The zero-order valence-electron chi connectivity index (χ0n) is 10.5. The van der Waals surface area contributed by atoms with Crippen molar-refractivity contribution in [2.24, 2.45) is 0 Å². The number of carbonyl (C=O) groups is 1. The molecule has 0 bridgehead atoms. The van der Waals surface area contributed by atoms with Gasteiger partial charge in [-0.2, -0.15) is 0 Å². The molecule has 0 unspecified atom stereocenters. The van der Waals surface area contributed by atoms with Crippen LogP contribution in [0.25, 0.3) is 6.08 Å². The van der Waals surface area contributed by atoms with E-state index in [-0.39, 0.29) is 6.04 Å². The molecule has 3 nitrogen and oxygen atoms in total. The van der Waals surface area contributed by atoms with Gasteiger partial charge in [0.25, 0.3) is 0 Å². The Morgan fingerprint density at radius 2 is 2.12 bits per heavy atom. The molecule has 0 amide bonds. The van der Waals surface area contributed by atoms with Gasteiger partial charge in [0.2, 0.25) is 0 Å². The molecular weight excluding hydrogens is 300 g/mol. The average Bonchev–Trinajstić information content (AvgIpc) is 2.50. The SMILES string of the molecule is CCn1c(Br)c(C=C(C)C=O)n(C(C)C)c1=S. The normalized spacial score (nSPS) is 12.2. The Balaban J connectivity index is 3.58. The summed E-state index contributed by atoms with van der Waals surface area (Å²) in [7, 11) is 0. The van der Waals surface area contributed by atoms with E-state index < -0.39 is 0 Å². The molecule has 0 saturated carbocycles. The standard InChI is InChI=1S/C12H17BrN2OS/c1-5-14-11(13)10(6-9(4)7-16)15(8(2)3)12(14)17/h6-8H,5H2,1-4H3. The highest BCUT2D eigenvalue weighted by atomic mass is 79.9. The average molecular weight is 317 g/mol. The van der Waals surface area contributed by atoms with Crippen molar-refractivity contribution in [1.82, 2.24) is 9.13 Å². The van der Waals surface area contributed by atoms with Crippen molar-refractivity contribution >= 4 is 40.5 Å². The van der Waals surface area contributed by atoms with Crippen LogP contribution < -0.4 is 0 Å². The van der Waals surface area contributed by atoms with Crippen LogP contribution in [0.4, 0.5) is 0 Å². The van der Waals surface area contributed by atoms with Gasteiger partial charge in [-0.25, -0.2) is 0 Å². The number of imidazole rings is 1. The van der Waals surface area contributed by atoms with E-state index in [2.05, 4.69) is 34.3 Å². The molecule has 1 aromatic heterocycles. The molecule has 17 heavy (non-hydrogen) atoms. The molecule has 0 radical (unpaired) electrons. The predicted molar refractivity (Wildman–Crippen MR) is 76.7 cm³/mol. The third-order valence-corrected chi connectivity index (χ3v) is 3.78. The molecule has 0 aliphatic heterocycles. The summed E-state index contributed by atoms with van der Waals surface area (Å²) in [5, 5.41) is 0. The van der Waals surface area contributed by atoms with Gasteiger partial charge in [-0.3, -0.25) is 4.79 Å². The second-order valence-electron chi connectivity index (χ2n) is 4.17. The molecule has 0 aromatic carbocycles. The number of hydrogen-bond acceptors (Lipinski definition) is 2. The number of rotatable bonds is 4. The zero-order chi connectivity index (χ0) is 13.2. The fraction of sp³-hybridized carbons (Fsp3) is 0.500. The topological polar surface area (TPSA) is 26.9 Å². The Kier molecular flexibility index (Phi) is 4.89. The molecule has 1 rings (SSSR count). The van der Waals surface area contributed by atoms with Crippen LogP contribution in [0.3, 0.4) is 0 Å². The summed E-state index contributed by atoms with van der Waals surface area (Å²) in [5.74, 6) is 0. The van der Waals surface area contributed by atoms with Crippen LogP contribution >= 0.6 is 28.1 Å². The summed E-state index contributed by atoms with van der Waals surface area (Å²) in [6, 6.07) is 0.261. The first-order chi connectivity index (χ1) is 7.93. The van der Waals surface area contributed by atoms with Gasteiger partial charge >= 0.3 is 0 Å². The number of nitrogens with zero attached hydrogens (tertiary/aromatic N) is 2.